The Morgan fingerprint density at radius 2 is 1.90 bits per heavy atom. The SMILES string of the molecule is Cc1ccc(C(=O)N(C)CCOc2ccccc2)c(Br)c1. The first kappa shape index (κ1) is 15.6. The quantitative estimate of drug-likeness (QED) is 0.820. The molecule has 2 aromatic carbocycles. The van der Waals surface area contributed by atoms with Crippen molar-refractivity contribution < 1.29 is 9.53 Å². The van der Waals surface area contributed by atoms with Gasteiger partial charge in [-0.2, -0.15) is 0 Å². The van der Waals surface area contributed by atoms with E-state index in [-0.39, 0.29) is 5.91 Å². The number of ether oxygens (including phenoxy) is 1. The van der Waals surface area contributed by atoms with Crippen molar-refractivity contribution >= 4 is 21.8 Å². The Balaban J connectivity index is 1.90. The van der Waals surface area contributed by atoms with E-state index in [1.165, 1.54) is 0 Å². The summed E-state index contributed by atoms with van der Waals surface area (Å²) in [6.07, 6.45) is 0. The van der Waals surface area contributed by atoms with E-state index >= 15 is 0 Å². The average Bonchev–Trinajstić information content (AvgIpc) is 2.47. The van der Waals surface area contributed by atoms with Gasteiger partial charge in [0, 0.05) is 11.5 Å². The molecule has 3 nitrogen and oxygen atoms in total. The number of halogens is 1. The van der Waals surface area contributed by atoms with Crippen LogP contribution in [-0.4, -0.2) is 31.0 Å². The topological polar surface area (TPSA) is 29.5 Å². The second-order valence-corrected chi connectivity index (χ2v) is 5.73. The number of likely N-dealkylation sites (N-methyl/N-ethyl adjacent to an activating group) is 1. The van der Waals surface area contributed by atoms with E-state index in [2.05, 4.69) is 15.9 Å². The van der Waals surface area contributed by atoms with Gasteiger partial charge in [-0.15, -0.1) is 0 Å². The molecule has 1 amide bonds. The number of carbonyl (C=O) groups is 1. The number of hydrogen-bond donors (Lipinski definition) is 0. The maximum atomic E-state index is 12.4. The number of hydrogen-bond acceptors (Lipinski definition) is 2. The summed E-state index contributed by atoms with van der Waals surface area (Å²) in [4.78, 5) is 14.0. The van der Waals surface area contributed by atoms with Gasteiger partial charge in [0.05, 0.1) is 12.1 Å². The summed E-state index contributed by atoms with van der Waals surface area (Å²) in [7, 11) is 1.78. The maximum Gasteiger partial charge on any atom is 0.254 e. The van der Waals surface area contributed by atoms with Gasteiger partial charge in [-0.25, -0.2) is 0 Å². The summed E-state index contributed by atoms with van der Waals surface area (Å²) in [5, 5.41) is 0. The predicted octanol–water partition coefficient (Wildman–Crippen LogP) is 3.91. The third-order valence-corrected chi connectivity index (χ3v) is 3.80. The molecule has 0 spiro atoms. The van der Waals surface area contributed by atoms with Gasteiger partial charge in [-0.1, -0.05) is 24.3 Å². The molecule has 110 valence electrons. The standard InChI is InChI=1S/C17H18BrNO2/c1-13-8-9-15(16(18)12-13)17(20)19(2)10-11-21-14-6-4-3-5-7-14/h3-9,12H,10-11H2,1-2H3. The normalized spacial score (nSPS) is 10.2. The lowest BCUT2D eigenvalue weighted by Crippen LogP contribution is -2.31. The van der Waals surface area contributed by atoms with Gasteiger partial charge in [0.2, 0.25) is 0 Å². The molecule has 2 aromatic rings. The van der Waals surface area contributed by atoms with Crippen molar-refractivity contribution in [3.63, 3.8) is 0 Å². The van der Waals surface area contributed by atoms with Gasteiger partial charge in [0.25, 0.3) is 5.91 Å². The molecule has 0 bridgehead atoms. The van der Waals surface area contributed by atoms with Crippen molar-refractivity contribution in [3.8, 4) is 5.75 Å². The second-order valence-electron chi connectivity index (χ2n) is 4.87. The Hall–Kier alpha value is -1.81. The largest absolute Gasteiger partial charge is 0.492 e. The van der Waals surface area contributed by atoms with Crippen molar-refractivity contribution in [1.29, 1.82) is 0 Å². The van der Waals surface area contributed by atoms with Gasteiger partial charge in [-0.3, -0.25) is 4.79 Å². The van der Waals surface area contributed by atoms with Crippen LogP contribution in [-0.2, 0) is 0 Å². The van der Waals surface area contributed by atoms with Gasteiger partial charge in [0.1, 0.15) is 12.4 Å². The van der Waals surface area contributed by atoms with Crippen LogP contribution in [0.5, 0.6) is 5.75 Å². The van der Waals surface area contributed by atoms with Crippen molar-refractivity contribution in [2.45, 2.75) is 6.92 Å². The molecule has 0 saturated heterocycles. The number of nitrogens with zero attached hydrogens (tertiary/aromatic N) is 1. The van der Waals surface area contributed by atoms with Crippen LogP contribution in [0.25, 0.3) is 0 Å². The minimum Gasteiger partial charge on any atom is -0.492 e. The molecule has 0 fully saturated rings. The van der Waals surface area contributed by atoms with Crippen LogP contribution in [0.15, 0.2) is 53.0 Å². The summed E-state index contributed by atoms with van der Waals surface area (Å²) in [6, 6.07) is 15.3. The zero-order valence-electron chi connectivity index (χ0n) is 12.2. The highest BCUT2D eigenvalue weighted by Gasteiger charge is 2.14. The summed E-state index contributed by atoms with van der Waals surface area (Å²) in [6.45, 7) is 3.00. The van der Waals surface area contributed by atoms with Crippen LogP contribution in [0.3, 0.4) is 0 Å². The number of amides is 1. The molecule has 0 aromatic heterocycles. The molecule has 0 N–H and O–H groups in total. The smallest absolute Gasteiger partial charge is 0.254 e. The predicted molar refractivity (Wildman–Crippen MR) is 87.8 cm³/mol. The fourth-order valence-electron chi connectivity index (χ4n) is 1.92. The van der Waals surface area contributed by atoms with E-state index < -0.39 is 0 Å². The number of carbonyl (C=O) groups excluding carboxylic acids is 1. The number of aryl methyl sites for hydroxylation is 1. The van der Waals surface area contributed by atoms with E-state index in [0.717, 1.165) is 15.8 Å². The molecule has 0 saturated carbocycles. The minimum atomic E-state index is -0.0152. The first-order chi connectivity index (χ1) is 10.1. The lowest BCUT2D eigenvalue weighted by atomic mass is 10.1. The second kappa shape index (κ2) is 7.27. The van der Waals surface area contributed by atoms with Gasteiger partial charge in [-0.05, 0) is 52.7 Å². The molecular weight excluding hydrogens is 330 g/mol. The molecule has 21 heavy (non-hydrogen) atoms. The average molecular weight is 348 g/mol. The molecule has 0 aliphatic carbocycles. The fourth-order valence-corrected chi connectivity index (χ4v) is 2.58. The van der Waals surface area contributed by atoms with Crippen LogP contribution in [0, 0.1) is 6.92 Å². The monoisotopic (exact) mass is 347 g/mol. The Kier molecular flexibility index (Phi) is 5.39. The van der Waals surface area contributed by atoms with Crippen LogP contribution in [0.4, 0.5) is 0 Å². The van der Waals surface area contributed by atoms with Crippen LogP contribution < -0.4 is 4.74 Å². The highest BCUT2D eigenvalue weighted by molar-refractivity contribution is 9.10. The number of rotatable bonds is 5. The van der Waals surface area contributed by atoms with E-state index in [0.29, 0.717) is 18.7 Å². The molecule has 0 heterocycles. The molecule has 0 radical (unpaired) electrons. The number of para-hydroxylation sites is 1. The highest BCUT2D eigenvalue weighted by atomic mass is 79.9. The number of benzene rings is 2. The third-order valence-electron chi connectivity index (χ3n) is 3.14. The molecule has 0 atom stereocenters. The fraction of sp³-hybridized carbons (Fsp3) is 0.235. The Bertz CT molecular complexity index is 613. The van der Waals surface area contributed by atoms with Crippen molar-refractivity contribution in [2.75, 3.05) is 20.2 Å². The Morgan fingerprint density at radius 3 is 2.57 bits per heavy atom. The highest BCUT2D eigenvalue weighted by Crippen LogP contribution is 2.19. The molecular formula is C17H18BrNO2. The summed E-state index contributed by atoms with van der Waals surface area (Å²) < 4.78 is 6.43. The molecule has 4 heteroatoms. The zero-order valence-corrected chi connectivity index (χ0v) is 13.8. The van der Waals surface area contributed by atoms with E-state index in [1.807, 2.05) is 55.5 Å². The molecule has 0 aliphatic rings. The lowest BCUT2D eigenvalue weighted by molar-refractivity contribution is 0.0773. The summed E-state index contributed by atoms with van der Waals surface area (Å²) in [5.74, 6) is 0.799. The lowest BCUT2D eigenvalue weighted by Gasteiger charge is -2.18. The minimum absolute atomic E-state index is 0.0152. The van der Waals surface area contributed by atoms with Crippen molar-refractivity contribution in [3.05, 3.63) is 64.1 Å². The molecule has 0 aliphatic heterocycles. The summed E-state index contributed by atoms with van der Waals surface area (Å²) >= 11 is 3.44. The Labute approximate surface area is 133 Å². The van der Waals surface area contributed by atoms with E-state index in [4.69, 9.17) is 4.74 Å². The van der Waals surface area contributed by atoms with Crippen molar-refractivity contribution in [2.24, 2.45) is 0 Å². The third kappa shape index (κ3) is 4.33. The van der Waals surface area contributed by atoms with Crippen molar-refractivity contribution in [1.82, 2.24) is 4.90 Å². The molecule has 0 unspecified atom stereocenters. The maximum absolute atomic E-state index is 12.4. The zero-order chi connectivity index (χ0) is 15.2. The first-order valence-electron chi connectivity index (χ1n) is 6.77. The van der Waals surface area contributed by atoms with Crippen LogP contribution in [0.2, 0.25) is 0 Å². The van der Waals surface area contributed by atoms with E-state index in [1.54, 1.807) is 11.9 Å². The van der Waals surface area contributed by atoms with E-state index in [9.17, 15) is 4.79 Å². The van der Waals surface area contributed by atoms with Crippen LogP contribution in [0.1, 0.15) is 15.9 Å². The van der Waals surface area contributed by atoms with Gasteiger partial charge in [0.15, 0.2) is 0 Å². The van der Waals surface area contributed by atoms with Gasteiger partial charge >= 0.3 is 0 Å². The summed E-state index contributed by atoms with van der Waals surface area (Å²) in [5.41, 5.74) is 1.79. The van der Waals surface area contributed by atoms with Gasteiger partial charge < -0.3 is 9.64 Å². The molecule has 2 rings (SSSR count). The Morgan fingerprint density at radius 1 is 1.19 bits per heavy atom. The van der Waals surface area contributed by atoms with Crippen LogP contribution >= 0.6 is 15.9 Å². The first-order valence-corrected chi connectivity index (χ1v) is 7.56.